The first-order valence-corrected chi connectivity index (χ1v) is 13.3. The van der Waals surface area contributed by atoms with Crippen LogP contribution in [0.5, 0.6) is 0 Å². The van der Waals surface area contributed by atoms with E-state index in [-0.39, 0.29) is 17.1 Å². The number of carbonyl (C=O) groups is 2. The van der Waals surface area contributed by atoms with Gasteiger partial charge in [-0.05, 0) is 81.0 Å². The molecule has 0 saturated heterocycles. The van der Waals surface area contributed by atoms with Crippen LogP contribution in [0.2, 0.25) is 0 Å². The highest BCUT2D eigenvalue weighted by atomic mass is 32.1. The summed E-state index contributed by atoms with van der Waals surface area (Å²) in [4.78, 5) is 27.9. The first kappa shape index (κ1) is 22.4. The molecule has 0 N–H and O–H groups in total. The molecule has 0 aliphatic heterocycles. The first-order chi connectivity index (χ1) is 18.7. The van der Waals surface area contributed by atoms with E-state index in [0.717, 1.165) is 32.7 Å². The second kappa shape index (κ2) is 8.94. The molecule has 0 unspecified atom stereocenters. The molecule has 1 aliphatic carbocycles. The summed E-state index contributed by atoms with van der Waals surface area (Å²) < 4.78 is 0. The molecule has 0 bridgehead atoms. The standard InChI is InChI=1S/C34H21NO2S/c36-33-29-8-3-4-9-30(29)34(37)31(33)19-22-11-12-26-21-28(16-14-25(26)18-22)35(32-10-5-17-38-32)27-15-13-23-6-1-2-7-24(23)20-27/h1-21H. The Labute approximate surface area is 223 Å². The number of hydrogen-bond acceptors (Lipinski definition) is 4. The molecule has 6 aromatic rings. The van der Waals surface area contributed by atoms with Crippen LogP contribution in [0.25, 0.3) is 27.6 Å². The summed E-state index contributed by atoms with van der Waals surface area (Å²) in [5.41, 5.74) is 4.19. The number of Topliss-reactive ketones (excluding diaryl/α,β-unsaturated/α-hetero) is 2. The van der Waals surface area contributed by atoms with Crippen molar-refractivity contribution in [1.29, 1.82) is 0 Å². The number of fused-ring (bicyclic) bond motifs is 3. The van der Waals surface area contributed by atoms with Crippen LogP contribution >= 0.6 is 11.3 Å². The van der Waals surface area contributed by atoms with Gasteiger partial charge >= 0.3 is 0 Å². The van der Waals surface area contributed by atoms with Crippen molar-refractivity contribution in [3.63, 3.8) is 0 Å². The van der Waals surface area contributed by atoms with Gasteiger partial charge in [0, 0.05) is 22.5 Å². The van der Waals surface area contributed by atoms with Crippen molar-refractivity contribution < 1.29 is 9.59 Å². The van der Waals surface area contributed by atoms with Crippen molar-refractivity contribution in [2.45, 2.75) is 0 Å². The van der Waals surface area contributed by atoms with Crippen molar-refractivity contribution >= 4 is 66.9 Å². The molecule has 1 aromatic heterocycles. The number of anilines is 3. The highest BCUT2D eigenvalue weighted by Crippen LogP contribution is 2.39. The molecule has 0 amide bonds. The Kier molecular flexibility index (Phi) is 5.27. The molecular formula is C34H21NO2S. The highest BCUT2D eigenvalue weighted by molar-refractivity contribution is 7.14. The zero-order chi connectivity index (χ0) is 25.6. The van der Waals surface area contributed by atoms with Crippen LogP contribution in [0.3, 0.4) is 0 Å². The summed E-state index contributed by atoms with van der Waals surface area (Å²) in [5, 5.41) is 7.77. The Morgan fingerprint density at radius 2 is 1.13 bits per heavy atom. The number of nitrogens with zero attached hydrogens (tertiary/aromatic N) is 1. The van der Waals surface area contributed by atoms with E-state index in [0.29, 0.717) is 11.1 Å². The monoisotopic (exact) mass is 507 g/mol. The van der Waals surface area contributed by atoms with Crippen LogP contribution in [0.4, 0.5) is 16.4 Å². The van der Waals surface area contributed by atoms with Gasteiger partial charge in [-0.2, -0.15) is 0 Å². The van der Waals surface area contributed by atoms with E-state index in [1.807, 2.05) is 12.1 Å². The van der Waals surface area contributed by atoms with Gasteiger partial charge in [-0.1, -0.05) is 72.8 Å². The van der Waals surface area contributed by atoms with E-state index in [1.54, 1.807) is 41.7 Å². The lowest BCUT2D eigenvalue weighted by Gasteiger charge is -2.24. The normalized spacial score (nSPS) is 12.8. The number of rotatable bonds is 4. The quantitative estimate of drug-likeness (QED) is 0.176. The largest absolute Gasteiger partial charge is 0.302 e. The molecule has 1 heterocycles. The Hall–Kier alpha value is -4.80. The number of thiophene rings is 1. The summed E-state index contributed by atoms with van der Waals surface area (Å²) >= 11 is 1.70. The van der Waals surface area contributed by atoms with Gasteiger partial charge in [-0.15, -0.1) is 11.3 Å². The maximum absolute atomic E-state index is 12.8. The molecule has 5 aromatic carbocycles. The molecule has 7 rings (SSSR count). The highest BCUT2D eigenvalue weighted by Gasteiger charge is 2.32. The summed E-state index contributed by atoms with van der Waals surface area (Å²) in [7, 11) is 0. The maximum Gasteiger partial charge on any atom is 0.197 e. The predicted octanol–water partition coefficient (Wildman–Crippen LogP) is 8.99. The molecule has 0 fully saturated rings. The molecule has 0 saturated carbocycles. The third-order valence-corrected chi connectivity index (χ3v) is 7.89. The third kappa shape index (κ3) is 3.74. The van der Waals surface area contributed by atoms with E-state index < -0.39 is 0 Å². The zero-order valence-corrected chi connectivity index (χ0v) is 21.1. The zero-order valence-electron chi connectivity index (χ0n) is 20.3. The maximum atomic E-state index is 12.8. The van der Waals surface area contributed by atoms with E-state index in [1.165, 1.54) is 10.8 Å². The SMILES string of the molecule is O=C1C(=Cc2ccc3cc(N(c4ccc5ccccc5c4)c4cccs4)ccc3c2)C(=O)c2ccccc21. The molecule has 0 radical (unpaired) electrons. The number of ketones is 2. The van der Waals surface area contributed by atoms with Gasteiger partial charge in [0.15, 0.2) is 11.6 Å². The number of allylic oxidation sites excluding steroid dienone is 1. The Morgan fingerprint density at radius 1 is 0.553 bits per heavy atom. The second-order valence-corrected chi connectivity index (χ2v) is 10.3. The fourth-order valence-electron chi connectivity index (χ4n) is 5.17. The minimum absolute atomic E-state index is 0.206. The van der Waals surface area contributed by atoms with Gasteiger partial charge in [0.25, 0.3) is 0 Å². The van der Waals surface area contributed by atoms with Crippen molar-refractivity contribution in [3.05, 3.63) is 143 Å². The van der Waals surface area contributed by atoms with Gasteiger partial charge < -0.3 is 4.90 Å². The van der Waals surface area contributed by atoms with E-state index in [4.69, 9.17) is 0 Å². The molecule has 0 spiro atoms. The topological polar surface area (TPSA) is 37.4 Å². The Morgan fingerprint density at radius 3 is 1.82 bits per heavy atom. The lowest BCUT2D eigenvalue weighted by atomic mass is 10.0. The first-order valence-electron chi connectivity index (χ1n) is 12.4. The number of carbonyl (C=O) groups excluding carboxylic acids is 2. The van der Waals surface area contributed by atoms with Crippen LogP contribution in [0.15, 0.2) is 126 Å². The molecule has 1 aliphatic rings. The average molecular weight is 508 g/mol. The van der Waals surface area contributed by atoms with E-state index >= 15 is 0 Å². The second-order valence-electron chi connectivity index (χ2n) is 9.37. The van der Waals surface area contributed by atoms with Crippen LogP contribution in [0, 0.1) is 0 Å². The Balaban J connectivity index is 1.28. The van der Waals surface area contributed by atoms with Crippen LogP contribution in [0.1, 0.15) is 26.3 Å². The molecule has 3 nitrogen and oxygen atoms in total. The summed E-state index contributed by atoms with van der Waals surface area (Å²) in [6, 6.07) is 38.6. The van der Waals surface area contributed by atoms with Gasteiger partial charge in [0.1, 0.15) is 0 Å². The fraction of sp³-hybridized carbons (Fsp3) is 0. The third-order valence-electron chi connectivity index (χ3n) is 7.04. The van der Waals surface area contributed by atoms with Crippen LogP contribution in [-0.4, -0.2) is 11.6 Å². The molecular weight excluding hydrogens is 486 g/mol. The predicted molar refractivity (Wildman–Crippen MR) is 157 cm³/mol. The lowest BCUT2D eigenvalue weighted by molar-refractivity contribution is 0.0990. The van der Waals surface area contributed by atoms with Crippen molar-refractivity contribution in [2.75, 3.05) is 4.90 Å². The lowest BCUT2D eigenvalue weighted by Crippen LogP contribution is -2.08. The van der Waals surface area contributed by atoms with Crippen LogP contribution in [-0.2, 0) is 0 Å². The Bertz CT molecular complexity index is 1880. The minimum Gasteiger partial charge on any atom is -0.302 e. The summed E-state index contributed by atoms with van der Waals surface area (Å²) in [6.45, 7) is 0. The van der Waals surface area contributed by atoms with Crippen molar-refractivity contribution in [1.82, 2.24) is 0 Å². The smallest absolute Gasteiger partial charge is 0.197 e. The summed E-state index contributed by atoms with van der Waals surface area (Å²) in [5.74, 6) is -0.411. The molecule has 0 atom stereocenters. The van der Waals surface area contributed by atoms with E-state index in [9.17, 15) is 9.59 Å². The fourth-order valence-corrected chi connectivity index (χ4v) is 5.94. The van der Waals surface area contributed by atoms with E-state index in [2.05, 4.69) is 89.1 Å². The van der Waals surface area contributed by atoms with Gasteiger partial charge in [0.2, 0.25) is 0 Å². The molecule has 38 heavy (non-hydrogen) atoms. The van der Waals surface area contributed by atoms with Crippen LogP contribution < -0.4 is 4.90 Å². The number of hydrogen-bond donors (Lipinski definition) is 0. The van der Waals surface area contributed by atoms with Gasteiger partial charge in [-0.25, -0.2) is 0 Å². The van der Waals surface area contributed by atoms with Gasteiger partial charge in [0.05, 0.1) is 10.6 Å². The minimum atomic E-state index is -0.206. The molecule has 4 heteroatoms. The van der Waals surface area contributed by atoms with Crippen molar-refractivity contribution in [3.8, 4) is 0 Å². The molecule has 180 valence electrons. The number of benzene rings is 5. The summed E-state index contributed by atoms with van der Waals surface area (Å²) in [6.07, 6.45) is 1.71. The van der Waals surface area contributed by atoms with Gasteiger partial charge in [-0.3, -0.25) is 9.59 Å². The van der Waals surface area contributed by atoms with Crippen molar-refractivity contribution in [2.24, 2.45) is 0 Å². The average Bonchev–Trinajstić information content (AvgIpc) is 3.57.